The smallest absolute Gasteiger partial charge is 0.318 e. The fraction of sp³-hybridized carbons (Fsp3) is 0.792. The van der Waals surface area contributed by atoms with Gasteiger partial charge in [-0.15, -0.1) is 6.58 Å². The minimum atomic E-state index is -3.10. The van der Waals surface area contributed by atoms with E-state index in [-0.39, 0.29) is 29.8 Å². The van der Waals surface area contributed by atoms with Crippen molar-refractivity contribution in [1.29, 1.82) is 0 Å². The van der Waals surface area contributed by atoms with E-state index >= 15 is 8.78 Å². The van der Waals surface area contributed by atoms with Crippen LogP contribution in [0.3, 0.4) is 0 Å². The van der Waals surface area contributed by atoms with Gasteiger partial charge in [-0.3, -0.25) is 0 Å². The van der Waals surface area contributed by atoms with E-state index in [0.717, 1.165) is 19.3 Å². The van der Waals surface area contributed by atoms with Gasteiger partial charge in [0.25, 0.3) is 0 Å². The second-order valence-electron chi connectivity index (χ2n) is 10.4. The van der Waals surface area contributed by atoms with E-state index in [9.17, 15) is 0 Å². The second-order valence-corrected chi connectivity index (χ2v) is 15.3. The largest absolute Gasteiger partial charge is 0.480 e. The number of halogens is 2. The maximum Gasteiger partial charge on any atom is 0.318 e. The van der Waals surface area contributed by atoms with Crippen LogP contribution in [0.25, 0.3) is 0 Å². The fourth-order valence-corrected chi connectivity index (χ4v) is 5.37. The molecule has 0 N–H and O–H groups in total. The summed E-state index contributed by atoms with van der Waals surface area (Å²) in [5.41, 5.74) is 2.67. The quantitative estimate of drug-likeness (QED) is 0.259. The number of alkyl halides is 2. The highest BCUT2D eigenvalue weighted by Gasteiger charge is 2.65. The van der Waals surface area contributed by atoms with Gasteiger partial charge in [0.1, 0.15) is 6.10 Å². The van der Waals surface area contributed by atoms with Crippen molar-refractivity contribution in [1.82, 2.24) is 0 Å². The summed E-state index contributed by atoms with van der Waals surface area (Å²) >= 11 is 0. The van der Waals surface area contributed by atoms with E-state index < -0.39 is 32.2 Å². The van der Waals surface area contributed by atoms with Crippen molar-refractivity contribution >= 4 is 8.32 Å². The van der Waals surface area contributed by atoms with Crippen LogP contribution in [0.2, 0.25) is 18.1 Å². The van der Waals surface area contributed by atoms with Crippen molar-refractivity contribution in [2.45, 2.75) is 95.4 Å². The molecule has 0 aromatic carbocycles. The Kier molecular flexibility index (Phi) is 7.54. The molecular weight excluding hydrogens is 418 g/mol. The van der Waals surface area contributed by atoms with E-state index in [1.807, 2.05) is 0 Å². The molecular formula is C24H38F2O4Si. The average molecular weight is 457 g/mol. The Bertz CT molecular complexity index is 703. The summed E-state index contributed by atoms with van der Waals surface area (Å²) in [6.45, 7) is 15.3. The van der Waals surface area contributed by atoms with Crippen LogP contribution in [-0.2, 0) is 18.6 Å². The van der Waals surface area contributed by atoms with Crippen molar-refractivity contribution in [3.8, 4) is 0 Å². The molecule has 0 aromatic heterocycles. The Balaban J connectivity index is 1.82. The van der Waals surface area contributed by atoms with Gasteiger partial charge in [-0.1, -0.05) is 32.6 Å². The molecule has 2 aliphatic heterocycles. The molecule has 1 unspecified atom stereocenters. The van der Waals surface area contributed by atoms with Gasteiger partial charge < -0.3 is 18.6 Å². The molecule has 3 rings (SSSR count). The maximum atomic E-state index is 15.4. The Morgan fingerprint density at radius 1 is 1.29 bits per heavy atom. The molecule has 0 spiro atoms. The highest BCUT2D eigenvalue weighted by Crippen LogP contribution is 2.55. The number of hydrogen-bond donors (Lipinski definition) is 0. The number of ether oxygens (including phenoxy) is 3. The average Bonchev–Trinajstić information content (AvgIpc) is 3.14. The molecule has 2 heterocycles. The Labute approximate surface area is 186 Å². The van der Waals surface area contributed by atoms with E-state index in [1.54, 1.807) is 12.2 Å². The van der Waals surface area contributed by atoms with Crippen LogP contribution in [0.5, 0.6) is 0 Å². The third-order valence-electron chi connectivity index (χ3n) is 7.22. The first-order chi connectivity index (χ1) is 14.5. The van der Waals surface area contributed by atoms with Gasteiger partial charge in [0.2, 0.25) is 5.76 Å². The molecule has 4 nitrogen and oxygen atoms in total. The minimum absolute atomic E-state index is 0.00102. The number of hydrogen-bond acceptors (Lipinski definition) is 4. The van der Waals surface area contributed by atoms with Gasteiger partial charge in [0.15, 0.2) is 14.6 Å². The molecule has 176 valence electrons. The molecule has 5 atom stereocenters. The number of allylic oxidation sites excluding steroid dienone is 2. The Hall–Kier alpha value is -0.983. The minimum Gasteiger partial charge on any atom is -0.480 e. The summed E-state index contributed by atoms with van der Waals surface area (Å²) in [6.07, 6.45) is 5.62. The topological polar surface area (TPSA) is 36.9 Å². The van der Waals surface area contributed by atoms with Gasteiger partial charge in [-0.25, -0.2) is 0 Å². The molecule has 0 radical (unpaired) electrons. The van der Waals surface area contributed by atoms with Crippen molar-refractivity contribution < 1.29 is 27.4 Å². The normalized spacial score (nSPS) is 32.9. The van der Waals surface area contributed by atoms with Crippen LogP contribution in [0.4, 0.5) is 8.78 Å². The lowest BCUT2D eigenvalue weighted by atomic mass is 9.89. The molecule has 7 heteroatoms. The zero-order valence-corrected chi connectivity index (χ0v) is 20.6. The molecule has 0 aromatic rings. The van der Waals surface area contributed by atoms with Crippen LogP contribution in [0, 0.1) is 11.8 Å². The molecule has 0 bridgehead atoms. The highest BCUT2D eigenvalue weighted by molar-refractivity contribution is 6.74. The highest BCUT2D eigenvalue weighted by atomic mass is 28.4. The molecule has 3 fully saturated rings. The summed E-state index contributed by atoms with van der Waals surface area (Å²) in [5.74, 6) is -4.91. The zero-order valence-electron chi connectivity index (χ0n) is 19.6. The summed E-state index contributed by atoms with van der Waals surface area (Å²) in [7, 11) is -2.10. The van der Waals surface area contributed by atoms with Crippen molar-refractivity contribution in [2.75, 3.05) is 13.2 Å². The van der Waals surface area contributed by atoms with Crippen molar-refractivity contribution in [2.24, 2.45) is 11.8 Å². The number of fused-ring (bicyclic) bond motifs is 1. The Morgan fingerprint density at radius 3 is 2.65 bits per heavy atom. The second kappa shape index (κ2) is 9.48. The third-order valence-corrected chi connectivity index (χ3v) is 11.7. The van der Waals surface area contributed by atoms with E-state index in [1.165, 1.54) is 0 Å². The van der Waals surface area contributed by atoms with Crippen LogP contribution in [0.15, 0.2) is 30.2 Å². The van der Waals surface area contributed by atoms with Gasteiger partial charge >= 0.3 is 5.92 Å². The molecule has 1 aliphatic carbocycles. The van der Waals surface area contributed by atoms with Crippen molar-refractivity contribution in [3.05, 3.63) is 30.2 Å². The number of rotatable bonds is 7. The standard InChI is InChI=1S/C24H38F2O4Si/c1-7-8-9-12-20-24(25,26)22-17(16-28-31(5,6)23(2,3)4)18(15-19(22)29-20)30-21-13-10-11-14-27-21/h7,9,17-19,21-22H,1,8,10-11,13-16H2,2-6H3/t12?,17-,18-,19+,21?,22-/m1/s1. The molecule has 0 amide bonds. The lowest BCUT2D eigenvalue weighted by Gasteiger charge is -2.39. The molecule has 3 aliphatic rings. The summed E-state index contributed by atoms with van der Waals surface area (Å²) < 4.78 is 55.0. The lowest BCUT2D eigenvalue weighted by Crippen LogP contribution is -2.45. The molecule has 2 saturated heterocycles. The first-order valence-electron chi connectivity index (χ1n) is 11.5. The zero-order chi connectivity index (χ0) is 22.9. The summed E-state index contributed by atoms with van der Waals surface area (Å²) in [6, 6.07) is 0. The maximum absolute atomic E-state index is 15.4. The SMILES string of the molecule is C=CCC=C=C1O[C@H]2C[C@@H](OC3CCCCO3)[C@@H](CO[Si](C)(C)C(C)(C)C)[C@H]2C1(F)F. The fourth-order valence-electron chi connectivity index (χ4n) is 4.33. The van der Waals surface area contributed by atoms with E-state index in [2.05, 4.69) is 46.2 Å². The summed E-state index contributed by atoms with van der Waals surface area (Å²) in [5, 5.41) is 0.00102. The Morgan fingerprint density at radius 2 is 2.03 bits per heavy atom. The third kappa shape index (κ3) is 5.33. The van der Waals surface area contributed by atoms with Crippen LogP contribution in [0.1, 0.15) is 52.9 Å². The lowest BCUT2D eigenvalue weighted by molar-refractivity contribution is -0.202. The van der Waals surface area contributed by atoms with Crippen LogP contribution in [-0.4, -0.2) is 46.0 Å². The van der Waals surface area contributed by atoms with Crippen molar-refractivity contribution in [3.63, 3.8) is 0 Å². The molecule has 1 saturated carbocycles. The monoisotopic (exact) mass is 456 g/mol. The van der Waals surface area contributed by atoms with Crippen LogP contribution < -0.4 is 0 Å². The summed E-state index contributed by atoms with van der Waals surface area (Å²) in [4.78, 5) is 0. The van der Waals surface area contributed by atoms with Gasteiger partial charge in [0, 0.05) is 25.6 Å². The van der Waals surface area contributed by atoms with E-state index in [0.29, 0.717) is 19.4 Å². The first-order valence-corrected chi connectivity index (χ1v) is 14.4. The predicted octanol–water partition coefficient (Wildman–Crippen LogP) is 6.21. The van der Waals surface area contributed by atoms with E-state index in [4.69, 9.17) is 18.6 Å². The van der Waals surface area contributed by atoms with Gasteiger partial charge in [0.05, 0.1) is 12.0 Å². The first kappa shape index (κ1) is 24.7. The van der Waals surface area contributed by atoms with Crippen LogP contribution >= 0.6 is 0 Å². The van der Waals surface area contributed by atoms with Gasteiger partial charge in [-0.05, 0) is 49.9 Å². The molecule has 31 heavy (non-hydrogen) atoms. The van der Waals surface area contributed by atoms with Gasteiger partial charge in [-0.2, -0.15) is 8.78 Å². The predicted molar refractivity (Wildman–Crippen MR) is 119 cm³/mol.